The zero-order valence-electron chi connectivity index (χ0n) is 9.96. The number of hydrogen-bond acceptors (Lipinski definition) is 3. The van der Waals surface area contributed by atoms with E-state index in [9.17, 15) is 14.3 Å². The van der Waals surface area contributed by atoms with E-state index in [0.717, 1.165) is 6.07 Å². The first-order valence-electron chi connectivity index (χ1n) is 5.41. The van der Waals surface area contributed by atoms with Crippen molar-refractivity contribution in [2.75, 3.05) is 12.3 Å². The highest BCUT2D eigenvalue weighted by molar-refractivity contribution is 5.94. The Morgan fingerprint density at radius 3 is 2.76 bits per heavy atom. The summed E-state index contributed by atoms with van der Waals surface area (Å²) in [4.78, 5) is 11.6. The molecule has 0 spiro atoms. The van der Waals surface area contributed by atoms with Gasteiger partial charge in [-0.2, -0.15) is 0 Å². The molecule has 4 nitrogen and oxygen atoms in total. The molecule has 0 aliphatic heterocycles. The highest BCUT2D eigenvalue weighted by Gasteiger charge is 2.20. The van der Waals surface area contributed by atoms with E-state index in [1.54, 1.807) is 13.8 Å². The molecule has 1 unspecified atom stereocenters. The summed E-state index contributed by atoms with van der Waals surface area (Å²) in [7, 11) is 0. The zero-order chi connectivity index (χ0) is 13.1. The fourth-order valence-corrected chi connectivity index (χ4v) is 1.21. The molecule has 94 valence electrons. The Labute approximate surface area is 99.6 Å². The molecule has 0 aliphatic carbocycles. The molecule has 0 aromatic heterocycles. The van der Waals surface area contributed by atoms with E-state index in [-0.39, 0.29) is 17.8 Å². The van der Waals surface area contributed by atoms with Gasteiger partial charge in [-0.15, -0.1) is 0 Å². The van der Waals surface area contributed by atoms with Crippen molar-refractivity contribution in [3.05, 3.63) is 29.6 Å². The first-order valence-corrected chi connectivity index (χ1v) is 5.41. The summed E-state index contributed by atoms with van der Waals surface area (Å²) in [5.41, 5.74) is 4.58. The molecule has 1 aromatic carbocycles. The predicted molar refractivity (Wildman–Crippen MR) is 64.1 cm³/mol. The Bertz CT molecular complexity index is 419. The van der Waals surface area contributed by atoms with Gasteiger partial charge >= 0.3 is 0 Å². The van der Waals surface area contributed by atoms with Crippen molar-refractivity contribution in [2.45, 2.75) is 25.9 Å². The second-order valence-corrected chi connectivity index (χ2v) is 4.27. The number of aliphatic hydroxyl groups is 1. The zero-order valence-corrected chi connectivity index (χ0v) is 9.96. The molecule has 1 rings (SSSR count). The maximum absolute atomic E-state index is 13.4. The molecule has 0 heterocycles. The molecule has 4 N–H and O–H groups in total. The molecule has 17 heavy (non-hydrogen) atoms. The van der Waals surface area contributed by atoms with Gasteiger partial charge in [0.1, 0.15) is 5.82 Å². The van der Waals surface area contributed by atoms with Crippen molar-refractivity contribution in [3.63, 3.8) is 0 Å². The van der Waals surface area contributed by atoms with Gasteiger partial charge in [-0.25, -0.2) is 4.39 Å². The first kappa shape index (κ1) is 13.4. The lowest BCUT2D eigenvalue weighted by Crippen LogP contribution is -2.40. The van der Waals surface area contributed by atoms with Gasteiger partial charge < -0.3 is 16.2 Å². The number of halogens is 1. The van der Waals surface area contributed by atoms with Crippen molar-refractivity contribution in [1.29, 1.82) is 0 Å². The van der Waals surface area contributed by atoms with E-state index < -0.39 is 17.3 Å². The Hall–Kier alpha value is -1.62. The lowest BCUT2D eigenvalue weighted by atomic mass is 10.0. The molecule has 0 aliphatic rings. The second kappa shape index (κ2) is 5.14. The molecule has 0 bridgehead atoms. The van der Waals surface area contributed by atoms with Gasteiger partial charge in [0.2, 0.25) is 0 Å². The van der Waals surface area contributed by atoms with Crippen LogP contribution in [-0.2, 0) is 0 Å². The summed E-state index contributed by atoms with van der Waals surface area (Å²) in [6.45, 7) is 3.48. The molecule has 1 aromatic rings. The number of carbonyl (C=O) groups excluding carboxylic acids is 1. The minimum atomic E-state index is -0.986. The van der Waals surface area contributed by atoms with Crippen LogP contribution in [0.25, 0.3) is 0 Å². The lowest BCUT2D eigenvalue weighted by Gasteiger charge is -2.21. The minimum absolute atomic E-state index is 0.0755. The monoisotopic (exact) mass is 240 g/mol. The van der Waals surface area contributed by atoms with Gasteiger partial charge in [-0.3, -0.25) is 4.79 Å². The molecular formula is C12H17FN2O2. The van der Waals surface area contributed by atoms with Gasteiger partial charge in [-0.1, -0.05) is 6.92 Å². The van der Waals surface area contributed by atoms with Crippen molar-refractivity contribution >= 4 is 11.6 Å². The molecule has 0 fully saturated rings. The van der Waals surface area contributed by atoms with E-state index in [0.29, 0.717) is 6.42 Å². The maximum Gasteiger partial charge on any atom is 0.254 e. The highest BCUT2D eigenvalue weighted by atomic mass is 19.1. The highest BCUT2D eigenvalue weighted by Crippen LogP contribution is 2.12. The number of nitrogen functional groups attached to an aromatic ring is 1. The number of rotatable bonds is 4. The SMILES string of the molecule is CCC(C)(O)CNC(=O)c1ccc(N)cc1F. The van der Waals surface area contributed by atoms with E-state index in [1.165, 1.54) is 12.1 Å². The second-order valence-electron chi connectivity index (χ2n) is 4.27. The molecule has 5 heteroatoms. The molecular weight excluding hydrogens is 223 g/mol. The Balaban J connectivity index is 2.71. The van der Waals surface area contributed by atoms with Crippen LogP contribution in [0.15, 0.2) is 18.2 Å². The Morgan fingerprint density at radius 1 is 1.59 bits per heavy atom. The van der Waals surface area contributed by atoms with Gasteiger partial charge in [0.05, 0.1) is 11.2 Å². The van der Waals surface area contributed by atoms with Crippen LogP contribution in [0.2, 0.25) is 0 Å². The standard InChI is InChI=1S/C12H17FN2O2/c1-3-12(2,17)7-15-11(16)9-5-4-8(14)6-10(9)13/h4-6,17H,3,7,14H2,1-2H3,(H,15,16). The number of hydrogen-bond donors (Lipinski definition) is 3. The molecule has 1 atom stereocenters. The molecule has 0 saturated carbocycles. The number of benzene rings is 1. The smallest absolute Gasteiger partial charge is 0.254 e. The van der Waals surface area contributed by atoms with Crippen LogP contribution in [-0.4, -0.2) is 23.2 Å². The number of nitrogens with two attached hydrogens (primary N) is 1. The number of nitrogens with one attached hydrogen (secondary N) is 1. The van der Waals surface area contributed by atoms with E-state index in [1.807, 2.05) is 0 Å². The summed E-state index contributed by atoms with van der Waals surface area (Å²) in [6.07, 6.45) is 0.498. The Kier molecular flexibility index (Phi) is 4.07. The average molecular weight is 240 g/mol. The van der Waals surface area contributed by atoms with Crippen molar-refractivity contribution in [2.24, 2.45) is 0 Å². The van der Waals surface area contributed by atoms with Crippen LogP contribution < -0.4 is 11.1 Å². The summed E-state index contributed by atoms with van der Waals surface area (Å²) < 4.78 is 13.4. The number of anilines is 1. The van der Waals surface area contributed by atoms with Crippen LogP contribution in [0, 0.1) is 5.82 Å². The van der Waals surface area contributed by atoms with Crippen molar-refractivity contribution in [3.8, 4) is 0 Å². The third-order valence-electron chi connectivity index (χ3n) is 2.63. The summed E-state index contributed by atoms with van der Waals surface area (Å²) in [5.74, 6) is -1.23. The minimum Gasteiger partial charge on any atom is -0.399 e. The van der Waals surface area contributed by atoms with Gasteiger partial charge in [0.25, 0.3) is 5.91 Å². The quantitative estimate of drug-likeness (QED) is 0.694. The Morgan fingerprint density at radius 2 is 2.24 bits per heavy atom. The molecule has 0 saturated heterocycles. The summed E-state index contributed by atoms with van der Waals surface area (Å²) >= 11 is 0. The largest absolute Gasteiger partial charge is 0.399 e. The summed E-state index contributed by atoms with van der Waals surface area (Å²) in [5, 5.41) is 12.2. The van der Waals surface area contributed by atoms with E-state index >= 15 is 0 Å². The van der Waals surface area contributed by atoms with Crippen LogP contribution >= 0.6 is 0 Å². The van der Waals surface area contributed by atoms with Crippen molar-refractivity contribution in [1.82, 2.24) is 5.32 Å². The van der Waals surface area contributed by atoms with E-state index in [4.69, 9.17) is 5.73 Å². The fraction of sp³-hybridized carbons (Fsp3) is 0.417. The van der Waals surface area contributed by atoms with Gasteiger partial charge in [0.15, 0.2) is 0 Å². The summed E-state index contributed by atoms with van der Waals surface area (Å²) in [6, 6.07) is 3.86. The number of carbonyl (C=O) groups is 1. The molecule has 1 amide bonds. The molecule has 0 radical (unpaired) electrons. The predicted octanol–water partition coefficient (Wildman–Crippen LogP) is 1.30. The van der Waals surface area contributed by atoms with Crippen LogP contribution in [0.4, 0.5) is 10.1 Å². The average Bonchev–Trinajstić information content (AvgIpc) is 2.26. The third-order valence-corrected chi connectivity index (χ3v) is 2.63. The van der Waals surface area contributed by atoms with Crippen molar-refractivity contribution < 1.29 is 14.3 Å². The lowest BCUT2D eigenvalue weighted by molar-refractivity contribution is 0.0517. The number of amides is 1. The van der Waals surface area contributed by atoms with Crippen LogP contribution in [0.3, 0.4) is 0 Å². The topological polar surface area (TPSA) is 75.3 Å². The normalized spacial score (nSPS) is 14.1. The van der Waals surface area contributed by atoms with Crippen LogP contribution in [0.1, 0.15) is 30.6 Å². The van der Waals surface area contributed by atoms with Gasteiger partial charge in [0, 0.05) is 12.2 Å². The van der Waals surface area contributed by atoms with Gasteiger partial charge in [-0.05, 0) is 31.5 Å². The maximum atomic E-state index is 13.4. The van der Waals surface area contributed by atoms with E-state index in [2.05, 4.69) is 5.32 Å². The fourth-order valence-electron chi connectivity index (χ4n) is 1.21. The van der Waals surface area contributed by atoms with Crippen LogP contribution in [0.5, 0.6) is 0 Å². The first-order chi connectivity index (χ1) is 7.85. The third kappa shape index (κ3) is 3.71.